The van der Waals surface area contributed by atoms with Crippen molar-refractivity contribution < 1.29 is 5.11 Å². The van der Waals surface area contributed by atoms with Crippen LogP contribution in [0.25, 0.3) is 16.9 Å². The molecule has 0 aliphatic rings. The number of imidazole rings is 1. The van der Waals surface area contributed by atoms with E-state index in [1.165, 1.54) is 0 Å². The number of fused-ring (bicyclic) bond motifs is 1. The molecule has 3 nitrogen and oxygen atoms in total. The number of aliphatic hydroxyl groups is 1. The molecule has 0 aliphatic carbocycles. The van der Waals surface area contributed by atoms with E-state index in [1.807, 2.05) is 53.2 Å². The predicted octanol–water partition coefficient (Wildman–Crippen LogP) is 3.19. The highest BCUT2D eigenvalue weighted by atomic mass is 35.5. The van der Waals surface area contributed by atoms with Crippen molar-refractivity contribution in [2.75, 3.05) is 6.61 Å². The molecule has 0 saturated heterocycles. The van der Waals surface area contributed by atoms with Crippen LogP contribution >= 0.6 is 11.6 Å². The maximum atomic E-state index is 8.90. The molecular weight excluding hydrogens is 260 g/mol. The zero-order chi connectivity index (χ0) is 13.2. The molecule has 0 aliphatic heterocycles. The summed E-state index contributed by atoms with van der Waals surface area (Å²) in [6.45, 7) is 0.173. The molecule has 0 fully saturated rings. The first-order valence-corrected chi connectivity index (χ1v) is 6.48. The molecule has 0 unspecified atom stereocenters. The predicted molar refractivity (Wildman–Crippen MR) is 76.4 cm³/mol. The van der Waals surface area contributed by atoms with Crippen LogP contribution in [-0.2, 0) is 6.42 Å². The molecule has 4 heteroatoms. The molecule has 0 saturated carbocycles. The summed E-state index contributed by atoms with van der Waals surface area (Å²) in [4.78, 5) is 4.55. The van der Waals surface area contributed by atoms with Gasteiger partial charge in [-0.3, -0.25) is 0 Å². The number of nitrogens with zero attached hydrogens (tertiary/aromatic N) is 2. The molecule has 96 valence electrons. The molecular formula is C15H13ClN2O. The number of pyridine rings is 1. The summed E-state index contributed by atoms with van der Waals surface area (Å²) in [5, 5.41) is 9.59. The van der Waals surface area contributed by atoms with Gasteiger partial charge >= 0.3 is 0 Å². The van der Waals surface area contributed by atoms with Crippen molar-refractivity contribution in [3.05, 3.63) is 59.4 Å². The minimum Gasteiger partial charge on any atom is -0.396 e. The molecule has 0 spiro atoms. The summed E-state index contributed by atoms with van der Waals surface area (Å²) < 4.78 is 1.92. The summed E-state index contributed by atoms with van der Waals surface area (Å²) in [6, 6.07) is 11.8. The monoisotopic (exact) mass is 272 g/mol. The maximum Gasteiger partial charge on any atom is 0.137 e. The second kappa shape index (κ2) is 5.03. The highest BCUT2D eigenvalue weighted by Gasteiger charge is 2.04. The summed E-state index contributed by atoms with van der Waals surface area (Å²) in [7, 11) is 0. The summed E-state index contributed by atoms with van der Waals surface area (Å²) >= 11 is 5.96. The molecule has 0 radical (unpaired) electrons. The van der Waals surface area contributed by atoms with Gasteiger partial charge in [-0.25, -0.2) is 4.98 Å². The van der Waals surface area contributed by atoms with Crippen LogP contribution in [0.15, 0.2) is 48.8 Å². The first kappa shape index (κ1) is 12.2. The Kier molecular flexibility index (Phi) is 3.23. The van der Waals surface area contributed by atoms with Gasteiger partial charge in [0.15, 0.2) is 0 Å². The molecule has 0 bridgehead atoms. The van der Waals surface area contributed by atoms with Crippen molar-refractivity contribution >= 4 is 17.2 Å². The lowest BCUT2D eigenvalue weighted by molar-refractivity contribution is 0.299. The van der Waals surface area contributed by atoms with Gasteiger partial charge in [0.2, 0.25) is 0 Å². The van der Waals surface area contributed by atoms with Gasteiger partial charge in [-0.15, -0.1) is 0 Å². The Morgan fingerprint density at radius 2 is 1.84 bits per heavy atom. The quantitative estimate of drug-likeness (QED) is 0.795. The first-order chi connectivity index (χ1) is 9.26. The van der Waals surface area contributed by atoms with Crippen LogP contribution in [0.4, 0.5) is 0 Å². The highest BCUT2D eigenvalue weighted by Crippen LogP contribution is 2.21. The van der Waals surface area contributed by atoms with E-state index in [9.17, 15) is 0 Å². The third-order valence-corrected chi connectivity index (χ3v) is 3.29. The lowest BCUT2D eigenvalue weighted by Gasteiger charge is -1.99. The SMILES string of the molecule is OCCc1ccc(-c2cn3cc(Cl)ccc3n2)cc1. The smallest absolute Gasteiger partial charge is 0.137 e. The van der Waals surface area contributed by atoms with Crippen LogP contribution in [0.5, 0.6) is 0 Å². The van der Waals surface area contributed by atoms with Gasteiger partial charge in [-0.2, -0.15) is 0 Å². The van der Waals surface area contributed by atoms with Crippen molar-refractivity contribution in [2.45, 2.75) is 6.42 Å². The fourth-order valence-electron chi connectivity index (χ4n) is 2.08. The van der Waals surface area contributed by atoms with E-state index in [4.69, 9.17) is 16.7 Å². The number of rotatable bonds is 3. The van der Waals surface area contributed by atoms with E-state index in [1.54, 1.807) is 0 Å². The van der Waals surface area contributed by atoms with Crippen molar-refractivity contribution in [1.29, 1.82) is 0 Å². The number of aliphatic hydroxyl groups excluding tert-OH is 1. The van der Waals surface area contributed by atoms with Gasteiger partial charge in [0.05, 0.1) is 10.7 Å². The molecule has 0 atom stereocenters. The lowest BCUT2D eigenvalue weighted by Crippen LogP contribution is -1.89. The van der Waals surface area contributed by atoms with E-state index in [2.05, 4.69) is 4.98 Å². The number of hydrogen-bond acceptors (Lipinski definition) is 2. The first-order valence-electron chi connectivity index (χ1n) is 6.11. The average Bonchev–Trinajstić information content (AvgIpc) is 2.83. The Balaban J connectivity index is 1.99. The molecule has 3 aromatic rings. The fraction of sp³-hybridized carbons (Fsp3) is 0.133. The normalized spacial score (nSPS) is 11.1. The molecule has 2 aromatic heterocycles. The minimum absolute atomic E-state index is 0.173. The lowest BCUT2D eigenvalue weighted by atomic mass is 10.1. The Bertz CT molecular complexity index is 704. The van der Waals surface area contributed by atoms with Gasteiger partial charge in [0, 0.05) is 24.6 Å². The third kappa shape index (κ3) is 2.48. The molecule has 2 heterocycles. The van der Waals surface area contributed by atoms with Crippen molar-refractivity contribution in [3.8, 4) is 11.3 Å². The van der Waals surface area contributed by atoms with Gasteiger partial charge < -0.3 is 9.51 Å². The maximum absolute atomic E-state index is 8.90. The van der Waals surface area contributed by atoms with Crippen LogP contribution < -0.4 is 0 Å². The van der Waals surface area contributed by atoms with Crippen LogP contribution in [0.3, 0.4) is 0 Å². The minimum atomic E-state index is 0.173. The second-order valence-electron chi connectivity index (χ2n) is 4.41. The molecule has 19 heavy (non-hydrogen) atoms. The average molecular weight is 273 g/mol. The van der Waals surface area contributed by atoms with Gasteiger partial charge in [0.1, 0.15) is 5.65 Å². The molecule has 3 rings (SSSR count). The summed E-state index contributed by atoms with van der Waals surface area (Å²) in [6.07, 6.45) is 4.48. The molecule has 1 aromatic carbocycles. The second-order valence-corrected chi connectivity index (χ2v) is 4.85. The van der Waals surface area contributed by atoms with Crippen LogP contribution in [-0.4, -0.2) is 21.1 Å². The largest absolute Gasteiger partial charge is 0.396 e. The number of aromatic nitrogens is 2. The number of benzene rings is 1. The number of hydrogen-bond donors (Lipinski definition) is 1. The standard InChI is InChI=1S/C15H13ClN2O/c16-13-5-6-15-17-14(10-18(15)9-13)12-3-1-11(2-4-12)7-8-19/h1-6,9-10,19H,7-8H2. The van der Waals surface area contributed by atoms with Crippen LogP contribution in [0, 0.1) is 0 Å². The van der Waals surface area contributed by atoms with E-state index >= 15 is 0 Å². The highest BCUT2D eigenvalue weighted by molar-refractivity contribution is 6.30. The molecule has 0 amide bonds. The fourth-order valence-corrected chi connectivity index (χ4v) is 2.24. The topological polar surface area (TPSA) is 37.5 Å². The van der Waals surface area contributed by atoms with Crippen LogP contribution in [0.1, 0.15) is 5.56 Å². The number of halogens is 1. The zero-order valence-electron chi connectivity index (χ0n) is 10.3. The van der Waals surface area contributed by atoms with E-state index in [0.717, 1.165) is 22.5 Å². The Morgan fingerprint density at radius 1 is 1.05 bits per heavy atom. The van der Waals surface area contributed by atoms with Gasteiger partial charge in [-0.1, -0.05) is 35.9 Å². The Hall–Kier alpha value is -1.84. The van der Waals surface area contributed by atoms with Crippen LogP contribution in [0.2, 0.25) is 5.02 Å². The van der Waals surface area contributed by atoms with Gasteiger partial charge in [-0.05, 0) is 24.1 Å². The summed E-state index contributed by atoms with van der Waals surface area (Å²) in [5.74, 6) is 0. The van der Waals surface area contributed by atoms with E-state index in [-0.39, 0.29) is 6.61 Å². The van der Waals surface area contributed by atoms with Gasteiger partial charge in [0.25, 0.3) is 0 Å². The van der Waals surface area contributed by atoms with Crippen molar-refractivity contribution in [1.82, 2.24) is 9.38 Å². The van der Waals surface area contributed by atoms with Crippen molar-refractivity contribution in [3.63, 3.8) is 0 Å². The Morgan fingerprint density at radius 3 is 2.58 bits per heavy atom. The summed E-state index contributed by atoms with van der Waals surface area (Å²) in [5.41, 5.74) is 3.97. The van der Waals surface area contributed by atoms with Crippen molar-refractivity contribution in [2.24, 2.45) is 0 Å². The molecule has 1 N–H and O–H groups in total. The zero-order valence-corrected chi connectivity index (χ0v) is 11.0. The van der Waals surface area contributed by atoms with E-state index < -0.39 is 0 Å². The Labute approximate surface area is 116 Å². The van der Waals surface area contributed by atoms with E-state index in [0.29, 0.717) is 11.4 Å². The third-order valence-electron chi connectivity index (χ3n) is 3.07.